The van der Waals surface area contributed by atoms with Gasteiger partial charge in [-0.3, -0.25) is 0 Å². The first-order valence-electron chi connectivity index (χ1n) is 9.38. The standard InChI is InChI=1S/C20H23N5O2S/c1-2-3-12-28(26,27)23(15-17-13-21-19-8-4-6-10-24(17)19)16-18-14-22-20-9-5-7-11-25(18)20/h4-11,13-14H,2-3,12,15-16H2,1H3. The predicted molar refractivity (Wildman–Crippen MR) is 108 cm³/mol. The van der Waals surface area contributed by atoms with Crippen molar-refractivity contribution in [2.24, 2.45) is 0 Å². The van der Waals surface area contributed by atoms with Crippen LogP contribution in [0.2, 0.25) is 0 Å². The van der Waals surface area contributed by atoms with E-state index in [0.29, 0.717) is 6.42 Å². The molecule has 4 heterocycles. The lowest BCUT2D eigenvalue weighted by Crippen LogP contribution is -2.33. The number of hydrogen-bond acceptors (Lipinski definition) is 4. The van der Waals surface area contributed by atoms with Gasteiger partial charge in [-0.15, -0.1) is 0 Å². The van der Waals surface area contributed by atoms with Gasteiger partial charge < -0.3 is 8.80 Å². The molecule has 146 valence electrons. The molecule has 7 nitrogen and oxygen atoms in total. The van der Waals surface area contributed by atoms with E-state index in [1.165, 1.54) is 4.31 Å². The molecule has 8 heteroatoms. The molecule has 0 aliphatic rings. The van der Waals surface area contributed by atoms with Gasteiger partial charge in [-0.25, -0.2) is 18.4 Å². The molecular formula is C20H23N5O2S. The molecule has 0 spiro atoms. The molecule has 0 aromatic carbocycles. The highest BCUT2D eigenvalue weighted by Gasteiger charge is 2.24. The zero-order valence-electron chi connectivity index (χ0n) is 15.8. The molecular weight excluding hydrogens is 374 g/mol. The monoisotopic (exact) mass is 397 g/mol. The molecule has 0 aliphatic heterocycles. The van der Waals surface area contributed by atoms with E-state index in [2.05, 4.69) is 9.97 Å². The second-order valence-corrected chi connectivity index (χ2v) is 8.88. The van der Waals surface area contributed by atoms with Crippen molar-refractivity contribution in [2.75, 3.05) is 5.75 Å². The van der Waals surface area contributed by atoms with E-state index >= 15 is 0 Å². The number of nitrogens with zero attached hydrogens (tertiary/aromatic N) is 5. The second kappa shape index (κ2) is 7.73. The summed E-state index contributed by atoms with van der Waals surface area (Å²) < 4.78 is 31.6. The van der Waals surface area contributed by atoms with Crippen LogP contribution in [-0.2, 0) is 23.1 Å². The van der Waals surface area contributed by atoms with Crippen LogP contribution in [0.3, 0.4) is 0 Å². The highest BCUT2D eigenvalue weighted by atomic mass is 32.2. The Labute approximate surface area is 164 Å². The predicted octanol–water partition coefficient (Wildman–Crippen LogP) is 3.11. The summed E-state index contributed by atoms with van der Waals surface area (Å²) in [5.41, 5.74) is 3.28. The van der Waals surface area contributed by atoms with Crippen LogP contribution >= 0.6 is 0 Å². The Morgan fingerprint density at radius 2 is 1.43 bits per heavy atom. The van der Waals surface area contributed by atoms with Crippen molar-refractivity contribution in [2.45, 2.75) is 32.9 Å². The number of rotatable bonds is 8. The van der Waals surface area contributed by atoms with Gasteiger partial charge in [0.25, 0.3) is 0 Å². The van der Waals surface area contributed by atoms with Crippen LogP contribution < -0.4 is 0 Å². The molecule has 0 saturated heterocycles. The fourth-order valence-electron chi connectivity index (χ4n) is 3.27. The maximum atomic E-state index is 13.1. The number of hydrogen-bond donors (Lipinski definition) is 0. The highest BCUT2D eigenvalue weighted by molar-refractivity contribution is 7.89. The van der Waals surface area contributed by atoms with Gasteiger partial charge in [-0.1, -0.05) is 25.5 Å². The van der Waals surface area contributed by atoms with Gasteiger partial charge >= 0.3 is 0 Å². The lowest BCUT2D eigenvalue weighted by Gasteiger charge is -2.22. The average molecular weight is 398 g/mol. The molecule has 0 radical (unpaired) electrons. The number of sulfonamides is 1. The third-order valence-corrected chi connectivity index (χ3v) is 6.66. The minimum absolute atomic E-state index is 0.136. The Kier molecular flexibility index (Phi) is 5.15. The van der Waals surface area contributed by atoms with Crippen molar-refractivity contribution < 1.29 is 8.42 Å². The van der Waals surface area contributed by atoms with Crippen molar-refractivity contribution in [3.05, 3.63) is 72.6 Å². The molecule has 4 rings (SSSR count). The third-order valence-electron chi connectivity index (χ3n) is 4.81. The number of pyridine rings is 2. The van der Waals surface area contributed by atoms with Crippen molar-refractivity contribution in [3.63, 3.8) is 0 Å². The fourth-order valence-corrected chi connectivity index (χ4v) is 4.84. The van der Waals surface area contributed by atoms with E-state index in [4.69, 9.17) is 0 Å². The van der Waals surface area contributed by atoms with Gasteiger partial charge in [0.15, 0.2) is 0 Å². The van der Waals surface area contributed by atoms with E-state index in [1.54, 1.807) is 12.4 Å². The Morgan fingerprint density at radius 1 is 0.893 bits per heavy atom. The largest absolute Gasteiger partial charge is 0.303 e. The maximum Gasteiger partial charge on any atom is 0.214 e. The summed E-state index contributed by atoms with van der Waals surface area (Å²) in [5.74, 6) is 0.136. The van der Waals surface area contributed by atoms with E-state index in [1.807, 2.05) is 64.5 Å². The maximum absolute atomic E-state index is 13.1. The van der Waals surface area contributed by atoms with Crippen molar-refractivity contribution in [1.82, 2.24) is 23.1 Å². The van der Waals surface area contributed by atoms with Crippen LogP contribution in [0.1, 0.15) is 31.2 Å². The first-order valence-corrected chi connectivity index (χ1v) is 11.0. The van der Waals surface area contributed by atoms with Gasteiger partial charge in [-0.05, 0) is 30.7 Å². The van der Waals surface area contributed by atoms with Gasteiger partial charge in [0, 0.05) is 12.4 Å². The summed E-state index contributed by atoms with van der Waals surface area (Å²) in [7, 11) is -3.42. The first-order chi connectivity index (χ1) is 13.6. The van der Waals surface area contributed by atoms with Gasteiger partial charge in [-0.2, -0.15) is 4.31 Å². The van der Waals surface area contributed by atoms with Crippen molar-refractivity contribution in [1.29, 1.82) is 0 Å². The molecule has 0 fully saturated rings. The highest BCUT2D eigenvalue weighted by Crippen LogP contribution is 2.18. The smallest absolute Gasteiger partial charge is 0.214 e. The third kappa shape index (κ3) is 3.65. The van der Waals surface area contributed by atoms with Crippen LogP contribution in [0.5, 0.6) is 0 Å². The number of fused-ring (bicyclic) bond motifs is 2. The quantitative estimate of drug-likeness (QED) is 0.458. The minimum Gasteiger partial charge on any atom is -0.303 e. The SMILES string of the molecule is CCCCS(=O)(=O)N(Cc1cnc2ccccn12)Cc1cnc2ccccn12. The van der Waals surface area contributed by atoms with Crippen LogP contribution in [-0.4, -0.2) is 37.2 Å². The first kappa shape index (κ1) is 18.6. The molecule has 0 bridgehead atoms. The van der Waals surface area contributed by atoms with Crippen molar-refractivity contribution >= 4 is 21.3 Å². The summed E-state index contributed by atoms with van der Waals surface area (Å²) in [5, 5.41) is 0. The number of unbranched alkanes of at least 4 members (excludes halogenated alkanes) is 1. The lowest BCUT2D eigenvalue weighted by molar-refractivity contribution is 0.390. The van der Waals surface area contributed by atoms with Crippen LogP contribution in [0.15, 0.2) is 61.2 Å². The summed E-state index contributed by atoms with van der Waals surface area (Å²) in [6.07, 6.45) is 8.77. The molecule has 4 aromatic rings. The number of imidazole rings is 2. The Hall–Kier alpha value is -2.71. The molecule has 0 atom stereocenters. The molecule has 28 heavy (non-hydrogen) atoms. The zero-order chi connectivity index (χ0) is 19.6. The Morgan fingerprint density at radius 3 is 1.93 bits per heavy atom. The van der Waals surface area contributed by atoms with Gasteiger partial charge in [0.1, 0.15) is 11.3 Å². The molecule has 0 saturated carbocycles. The molecule has 4 aromatic heterocycles. The summed E-state index contributed by atoms with van der Waals surface area (Å²) in [6.45, 7) is 2.52. The van der Waals surface area contributed by atoms with Crippen LogP contribution in [0.4, 0.5) is 0 Å². The second-order valence-electron chi connectivity index (χ2n) is 6.79. The topological polar surface area (TPSA) is 72.0 Å². The minimum atomic E-state index is -3.42. The average Bonchev–Trinajstić information content (AvgIpc) is 3.31. The van der Waals surface area contributed by atoms with Gasteiger partial charge in [0.2, 0.25) is 10.0 Å². The fraction of sp³-hybridized carbons (Fsp3) is 0.300. The zero-order valence-corrected chi connectivity index (χ0v) is 16.6. The number of aromatic nitrogens is 4. The van der Waals surface area contributed by atoms with Crippen LogP contribution in [0, 0.1) is 0 Å². The van der Waals surface area contributed by atoms with Crippen LogP contribution in [0.25, 0.3) is 11.3 Å². The normalized spacial score (nSPS) is 12.4. The molecule has 0 N–H and O–H groups in total. The van der Waals surface area contributed by atoms with E-state index in [-0.39, 0.29) is 18.8 Å². The Balaban J connectivity index is 1.69. The van der Waals surface area contributed by atoms with Gasteiger partial charge in [0.05, 0.1) is 42.6 Å². The van der Waals surface area contributed by atoms with E-state index < -0.39 is 10.0 Å². The van der Waals surface area contributed by atoms with E-state index in [0.717, 1.165) is 29.1 Å². The summed E-state index contributed by atoms with van der Waals surface area (Å²) in [4.78, 5) is 8.77. The van der Waals surface area contributed by atoms with E-state index in [9.17, 15) is 8.42 Å². The molecule has 0 amide bonds. The summed E-state index contributed by atoms with van der Waals surface area (Å²) >= 11 is 0. The molecule has 0 aliphatic carbocycles. The molecule has 0 unspecified atom stereocenters. The summed E-state index contributed by atoms with van der Waals surface area (Å²) in [6, 6.07) is 11.5. The lowest BCUT2D eigenvalue weighted by atomic mass is 10.4. The Bertz CT molecular complexity index is 1120. The van der Waals surface area contributed by atoms with Crippen molar-refractivity contribution in [3.8, 4) is 0 Å².